The van der Waals surface area contributed by atoms with Crippen LogP contribution in [0.2, 0.25) is 0 Å². The summed E-state index contributed by atoms with van der Waals surface area (Å²) in [5, 5.41) is 4.19. The van der Waals surface area contributed by atoms with E-state index < -0.39 is 0 Å². The molecule has 5 nitrogen and oxygen atoms in total. The molecular formula is C20H27N3O2. The Hall–Kier alpha value is -1.98. The number of carbonyl (C=O) groups excluding carboxylic acids is 1. The number of aromatic nitrogens is 1. The maximum absolute atomic E-state index is 12.3. The van der Waals surface area contributed by atoms with Gasteiger partial charge in [-0.25, -0.2) is 0 Å². The summed E-state index contributed by atoms with van der Waals surface area (Å²) in [5.74, 6) is 0.661. The second kappa shape index (κ2) is 8.92. The number of pyridine rings is 1. The van der Waals surface area contributed by atoms with Crippen LogP contribution >= 0.6 is 0 Å². The van der Waals surface area contributed by atoms with E-state index in [0.29, 0.717) is 12.3 Å². The van der Waals surface area contributed by atoms with Crippen LogP contribution in [0.25, 0.3) is 10.9 Å². The fraction of sp³-hybridized carbons (Fsp3) is 0.500. The van der Waals surface area contributed by atoms with Gasteiger partial charge in [-0.05, 0) is 43.5 Å². The van der Waals surface area contributed by atoms with E-state index in [1.165, 1.54) is 0 Å². The molecule has 2 heterocycles. The maximum atomic E-state index is 12.3. The van der Waals surface area contributed by atoms with Gasteiger partial charge >= 0.3 is 0 Å². The smallest absolute Gasteiger partial charge is 0.224 e. The number of ether oxygens (including phenoxy) is 1. The summed E-state index contributed by atoms with van der Waals surface area (Å²) in [6.07, 6.45) is 4.45. The van der Waals surface area contributed by atoms with Gasteiger partial charge in [-0.3, -0.25) is 9.78 Å². The molecule has 0 bridgehead atoms. The van der Waals surface area contributed by atoms with E-state index >= 15 is 0 Å². The molecule has 1 saturated heterocycles. The van der Waals surface area contributed by atoms with E-state index in [0.717, 1.165) is 62.1 Å². The number of para-hydroxylation sites is 1. The Bertz CT molecular complexity index is 691. The summed E-state index contributed by atoms with van der Waals surface area (Å²) in [5.41, 5.74) is 1.91. The molecule has 1 aromatic heterocycles. The molecule has 0 spiro atoms. The molecule has 2 aromatic rings. The number of hydrogen-bond donors (Lipinski definition) is 1. The van der Waals surface area contributed by atoms with Gasteiger partial charge in [0, 0.05) is 31.8 Å². The molecule has 0 radical (unpaired) electrons. The number of methoxy groups -OCH3 is 1. The molecule has 25 heavy (non-hydrogen) atoms. The van der Waals surface area contributed by atoms with Crippen LogP contribution < -0.4 is 5.32 Å². The highest BCUT2D eigenvalue weighted by molar-refractivity contribution is 5.87. The molecule has 0 unspecified atom stereocenters. The highest BCUT2D eigenvalue weighted by atomic mass is 16.5. The quantitative estimate of drug-likeness (QED) is 0.839. The number of benzene rings is 1. The van der Waals surface area contributed by atoms with Crippen LogP contribution in [-0.2, 0) is 16.0 Å². The second-order valence-corrected chi connectivity index (χ2v) is 6.75. The first kappa shape index (κ1) is 17.8. The highest BCUT2D eigenvalue weighted by Crippen LogP contribution is 2.18. The first-order valence-electron chi connectivity index (χ1n) is 9.07. The molecule has 5 heteroatoms. The highest BCUT2D eigenvalue weighted by Gasteiger charge is 2.19. The van der Waals surface area contributed by atoms with Crippen LogP contribution in [0.1, 0.15) is 18.4 Å². The van der Waals surface area contributed by atoms with Crippen LogP contribution in [0.15, 0.2) is 36.5 Å². The molecule has 134 valence electrons. The summed E-state index contributed by atoms with van der Waals surface area (Å²) in [7, 11) is 1.74. The van der Waals surface area contributed by atoms with E-state index in [2.05, 4.69) is 15.2 Å². The lowest BCUT2D eigenvalue weighted by atomic mass is 9.96. The molecule has 1 N–H and O–H groups in total. The summed E-state index contributed by atoms with van der Waals surface area (Å²) in [4.78, 5) is 19.2. The number of amides is 1. The Labute approximate surface area is 149 Å². The Kier molecular flexibility index (Phi) is 6.36. The van der Waals surface area contributed by atoms with Gasteiger partial charge in [-0.2, -0.15) is 0 Å². The Balaban J connectivity index is 1.46. The third-order valence-corrected chi connectivity index (χ3v) is 4.97. The number of likely N-dealkylation sites (tertiary alicyclic amines) is 1. The van der Waals surface area contributed by atoms with Crippen LogP contribution in [-0.4, -0.2) is 55.7 Å². The van der Waals surface area contributed by atoms with Crippen molar-refractivity contribution in [1.82, 2.24) is 15.2 Å². The molecule has 3 rings (SSSR count). The van der Waals surface area contributed by atoms with Crippen LogP contribution in [0.4, 0.5) is 0 Å². The molecule has 1 amide bonds. The topological polar surface area (TPSA) is 54.5 Å². The molecule has 1 fully saturated rings. The molecule has 0 aliphatic carbocycles. The van der Waals surface area contributed by atoms with Gasteiger partial charge in [0.2, 0.25) is 5.91 Å². The number of rotatable bonds is 7. The van der Waals surface area contributed by atoms with Crippen molar-refractivity contribution in [3.05, 3.63) is 42.1 Å². The minimum absolute atomic E-state index is 0.0833. The van der Waals surface area contributed by atoms with E-state index in [9.17, 15) is 4.79 Å². The Morgan fingerprint density at radius 3 is 2.88 bits per heavy atom. The third kappa shape index (κ3) is 5.00. The minimum atomic E-state index is 0.0833. The van der Waals surface area contributed by atoms with Crippen molar-refractivity contribution >= 4 is 16.8 Å². The number of nitrogens with one attached hydrogen (secondary N) is 1. The summed E-state index contributed by atoms with van der Waals surface area (Å²) in [6.45, 7) is 4.76. The minimum Gasteiger partial charge on any atom is -0.383 e. The largest absolute Gasteiger partial charge is 0.383 e. The molecule has 1 aliphatic rings. The van der Waals surface area contributed by atoms with E-state index in [1.54, 1.807) is 13.3 Å². The Morgan fingerprint density at radius 2 is 2.08 bits per heavy atom. The third-order valence-electron chi connectivity index (χ3n) is 4.97. The van der Waals surface area contributed by atoms with Crippen molar-refractivity contribution in [2.75, 3.05) is 39.9 Å². The normalized spacial score (nSPS) is 16.2. The van der Waals surface area contributed by atoms with Crippen LogP contribution in [0.3, 0.4) is 0 Å². The standard InChI is InChI=1S/C20H27N3O2/c1-25-13-12-23-10-7-16(8-11-23)15-22-19(24)14-18-5-2-4-17-6-3-9-21-20(17)18/h2-6,9,16H,7-8,10-15H2,1H3,(H,22,24). The van der Waals surface area contributed by atoms with Gasteiger partial charge < -0.3 is 15.0 Å². The summed E-state index contributed by atoms with van der Waals surface area (Å²) >= 11 is 0. The van der Waals surface area contributed by atoms with Gasteiger partial charge in [0.1, 0.15) is 0 Å². The zero-order valence-electron chi connectivity index (χ0n) is 14.9. The molecule has 0 atom stereocenters. The maximum Gasteiger partial charge on any atom is 0.224 e. The Morgan fingerprint density at radius 1 is 1.28 bits per heavy atom. The predicted octanol–water partition coefficient (Wildman–Crippen LogP) is 2.25. The molecule has 0 saturated carbocycles. The fourth-order valence-corrected chi connectivity index (χ4v) is 3.44. The van der Waals surface area contributed by atoms with Crippen molar-refractivity contribution in [3.63, 3.8) is 0 Å². The van der Waals surface area contributed by atoms with Crippen LogP contribution in [0, 0.1) is 5.92 Å². The molecule has 1 aromatic carbocycles. The lowest BCUT2D eigenvalue weighted by molar-refractivity contribution is -0.120. The SMILES string of the molecule is COCCN1CCC(CNC(=O)Cc2cccc3cccnc23)CC1. The van der Waals surface area contributed by atoms with Crippen molar-refractivity contribution in [3.8, 4) is 0 Å². The number of fused-ring (bicyclic) bond motifs is 1. The van der Waals surface area contributed by atoms with Crippen molar-refractivity contribution in [2.45, 2.75) is 19.3 Å². The predicted molar refractivity (Wildman–Crippen MR) is 99.5 cm³/mol. The van der Waals surface area contributed by atoms with Gasteiger partial charge in [0.05, 0.1) is 18.5 Å². The zero-order chi connectivity index (χ0) is 17.5. The number of carbonyl (C=O) groups is 1. The first-order valence-corrected chi connectivity index (χ1v) is 9.07. The fourth-order valence-electron chi connectivity index (χ4n) is 3.44. The van der Waals surface area contributed by atoms with Gasteiger partial charge in [-0.15, -0.1) is 0 Å². The molecule has 1 aliphatic heterocycles. The van der Waals surface area contributed by atoms with Crippen LogP contribution in [0.5, 0.6) is 0 Å². The van der Waals surface area contributed by atoms with Crippen molar-refractivity contribution < 1.29 is 9.53 Å². The second-order valence-electron chi connectivity index (χ2n) is 6.75. The summed E-state index contributed by atoms with van der Waals surface area (Å²) in [6, 6.07) is 9.96. The average molecular weight is 341 g/mol. The summed E-state index contributed by atoms with van der Waals surface area (Å²) < 4.78 is 5.13. The molecular weight excluding hydrogens is 314 g/mol. The van der Waals surface area contributed by atoms with Crippen molar-refractivity contribution in [2.24, 2.45) is 5.92 Å². The lowest BCUT2D eigenvalue weighted by Gasteiger charge is -2.31. The first-order chi connectivity index (χ1) is 12.3. The van der Waals surface area contributed by atoms with Gasteiger partial charge in [-0.1, -0.05) is 24.3 Å². The monoisotopic (exact) mass is 341 g/mol. The lowest BCUT2D eigenvalue weighted by Crippen LogP contribution is -2.40. The number of hydrogen-bond acceptors (Lipinski definition) is 4. The average Bonchev–Trinajstić information content (AvgIpc) is 2.66. The zero-order valence-corrected chi connectivity index (χ0v) is 14.9. The van der Waals surface area contributed by atoms with Crippen molar-refractivity contribution in [1.29, 1.82) is 0 Å². The number of piperidine rings is 1. The van der Waals surface area contributed by atoms with Gasteiger partial charge in [0.25, 0.3) is 0 Å². The van der Waals surface area contributed by atoms with Gasteiger partial charge in [0.15, 0.2) is 0 Å². The van der Waals surface area contributed by atoms with E-state index in [4.69, 9.17) is 4.74 Å². The number of nitrogens with zero attached hydrogens (tertiary/aromatic N) is 2. The van der Waals surface area contributed by atoms with E-state index in [1.807, 2.05) is 30.3 Å². The van der Waals surface area contributed by atoms with E-state index in [-0.39, 0.29) is 5.91 Å².